The Hall–Kier alpha value is -3.73. The zero-order chi connectivity index (χ0) is 27.0. The first-order valence-electron chi connectivity index (χ1n) is 11.6. The molecule has 0 spiro atoms. The van der Waals surface area contributed by atoms with Gasteiger partial charge in [-0.1, -0.05) is 23.7 Å². The van der Waals surface area contributed by atoms with E-state index in [4.69, 9.17) is 22.3 Å². The van der Waals surface area contributed by atoms with Crippen LogP contribution in [-0.4, -0.2) is 30.2 Å². The molecule has 5 rings (SSSR count). The number of hydrogen-bond acceptors (Lipinski definition) is 5. The fraction of sp³-hybridized carbons (Fsp3) is 0.148. The molecule has 1 unspecified atom stereocenters. The number of rotatable bonds is 7. The molecule has 38 heavy (non-hydrogen) atoms. The first kappa shape index (κ1) is 25.9. The maximum Gasteiger partial charge on any atom is 0.169 e. The Labute approximate surface area is 225 Å². The molecule has 3 N–H and O–H groups in total. The number of pyridine rings is 2. The van der Waals surface area contributed by atoms with Crippen LogP contribution in [0.3, 0.4) is 0 Å². The summed E-state index contributed by atoms with van der Waals surface area (Å²) < 4.78 is 44.1. The van der Waals surface area contributed by atoms with E-state index >= 15 is 0 Å². The quantitative estimate of drug-likeness (QED) is 0.275. The molecule has 2 atom stereocenters. The van der Waals surface area contributed by atoms with Crippen molar-refractivity contribution in [2.75, 3.05) is 11.0 Å². The van der Waals surface area contributed by atoms with Crippen LogP contribution in [0.25, 0.3) is 33.2 Å². The van der Waals surface area contributed by atoms with E-state index in [0.29, 0.717) is 38.6 Å². The van der Waals surface area contributed by atoms with E-state index in [1.165, 1.54) is 18.4 Å². The number of halogens is 3. The van der Waals surface area contributed by atoms with Gasteiger partial charge in [-0.15, -0.1) is 0 Å². The van der Waals surface area contributed by atoms with Crippen molar-refractivity contribution in [3.8, 4) is 22.3 Å². The third-order valence-electron chi connectivity index (χ3n) is 6.11. The lowest BCUT2D eigenvalue weighted by Crippen LogP contribution is -2.17. The highest BCUT2D eigenvalue weighted by atomic mass is 35.5. The van der Waals surface area contributed by atoms with E-state index in [1.807, 2.05) is 24.3 Å². The number of aryl methyl sites for hydroxylation is 1. The second kappa shape index (κ2) is 10.6. The van der Waals surface area contributed by atoms with Crippen molar-refractivity contribution < 1.29 is 13.0 Å². The van der Waals surface area contributed by atoms with Gasteiger partial charge in [-0.25, -0.2) is 13.0 Å². The number of fused-ring (bicyclic) bond motifs is 1. The van der Waals surface area contributed by atoms with Crippen molar-refractivity contribution in [2.45, 2.75) is 12.5 Å². The van der Waals surface area contributed by atoms with E-state index in [0.717, 1.165) is 22.8 Å². The number of anilines is 1. The Morgan fingerprint density at radius 2 is 1.84 bits per heavy atom. The van der Waals surface area contributed by atoms with Crippen LogP contribution < -0.4 is 10.5 Å². The summed E-state index contributed by atoms with van der Waals surface area (Å²) in [5.41, 5.74) is 11.3. The molecule has 2 aromatic carbocycles. The number of hydrogen-bond donors (Lipinski definition) is 2. The highest BCUT2D eigenvalue weighted by Crippen LogP contribution is 2.40. The normalized spacial score (nSPS) is 13.0. The lowest BCUT2D eigenvalue weighted by atomic mass is 9.93. The molecule has 11 heteroatoms. The average molecular weight is 553 g/mol. The van der Waals surface area contributed by atoms with Gasteiger partial charge in [0.15, 0.2) is 5.82 Å². The smallest absolute Gasteiger partial charge is 0.169 e. The maximum absolute atomic E-state index is 13.9. The first-order chi connectivity index (χ1) is 18.2. The van der Waals surface area contributed by atoms with Gasteiger partial charge in [0.2, 0.25) is 0 Å². The molecule has 0 fully saturated rings. The lowest BCUT2D eigenvalue weighted by Gasteiger charge is -2.18. The van der Waals surface area contributed by atoms with Crippen LogP contribution in [0.15, 0.2) is 67.1 Å². The summed E-state index contributed by atoms with van der Waals surface area (Å²) in [5, 5.41) is 5.53. The molecule has 5 aromatic rings. The van der Waals surface area contributed by atoms with E-state index in [9.17, 15) is 13.0 Å². The largest absolute Gasteiger partial charge is 0.322 e. The number of nitrogens with zero attached hydrogens (tertiary/aromatic N) is 4. The molecule has 0 aliphatic heterocycles. The fourth-order valence-corrected chi connectivity index (χ4v) is 5.22. The predicted molar refractivity (Wildman–Crippen MR) is 147 cm³/mol. The molecule has 194 valence electrons. The maximum atomic E-state index is 13.9. The van der Waals surface area contributed by atoms with Crippen molar-refractivity contribution in [3.05, 3.63) is 95.0 Å². The van der Waals surface area contributed by atoms with Gasteiger partial charge in [-0.05, 0) is 42.3 Å². The van der Waals surface area contributed by atoms with E-state index in [-0.39, 0.29) is 6.42 Å². The molecule has 0 aliphatic rings. The van der Waals surface area contributed by atoms with Gasteiger partial charge in [-0.3, -0.25) is 19.4 Å². The second-order valence-electron chi connectivity index (χ2n) is 8.83. The summed E-state index contributed by atoms with van der Waals surface area (Å²) in [4.78, 5) is 8.93. The average Bonchev–Trinajstić information content (AvgIpc) is 3.19. The summed E-state index contributed by atoms with van der Waals surface area (Å²) >= 11 is 6.57. The van der Waals surface area contributed by atoms with E-state index in [2.05, 4.69) is 14.8 Å². The van der Waals surface area contributed by atoms with E-state index in [1.54, 1.807) is 36.4 Å². The minimum absolute atomic E-state index is 0.157. The third-order valence-corrected chi connectivity index (χ3v) is 6.91. The van der Waals surface area contributed by atoms with Crippen molar-refractivity contribution in [3.63, 3.8) is 0 Å². The zero-order valence-corrected chi connectivity index (χ0v) is 22.0. The number of nitrogens with two attached hydrogens (primary N) is 1. The summed E-state index contributed by atoms with van der Waals surface area (Å²) in [5.74, 6) is -0.961. The number of aromatic nitrogens is 4. The van der Waals surface area contributed by atoms with Crippen LogP contribution in [0.5, 0.6) is 0 Å². The fourth-order valence-electron chi connectivity index (χ4n) is 4.56. The second-order valence-corrected chi connectivity index (χ2v) is 10.4. The van der Waals surface area contributed by atoms with Gasteiger partial charge < -0.3 is 5.73 Å². The van der Waals surface area contributed by atoms with Crippen LogP contribution in [0.1, 0.15) is 17.3 Å². The molecule has 0 amide bonds. The van der Waals surface area contributed by atoms with Crippen LogP contribution in [0, 0.1) is 11.6 Å². The zero-order valence-electron chi connectivity index (χ0n) is 20.5. The SMILES string of the molecule is Cn1nc(NS(C)=O)c2c(Cl)ccc(-c3cc(-c4cccnc4)cnc3[C@@H](N)Cc3cc(F)cc(F)c3)c21. The minimum atomic E-state index is -1.37. The van der Waals surface area contributed by atoms with Crippen LogP contribution in [0.2, 0.25) is 5.02 Å². The highest BCUT2D eigenvalue weighted by molar-refractivity contribution is 7.85. The lowest BCUT2D eigenvalue weighted by molar-refractivity contribution is 0.576. The molecule has 0 radical (unpaired) electrons. The molecule has 0 saturated heterocycles. The van der Waals surface area contributed by atoms with Crippen LogP contribution >= 0.6 is 11.6 Å². The van der Waals surface area contributed by atoms with Gasteiger partial charge >= 0.3 is 0 Å². The Bertz CT molecular complexity index is 1660. The molecule has 0 aliphatic carbocycles. The standard InChI is InChI=1S/C27H23ClF2N6OS/c1-36-26-20(5-6-22(28)24(26)27(34-36)35-38(2)37)21-11-17(16-4-3-7-32-13-16)14-33-25(21)23(31)10-15-8-18(29)12-19(30)9-15/h3-9,11-14,23H,10,31H2,1-2H3,(H,34,35)/t23-,38?/m0/s1. The minimum Gasteiger partial charge on any atom is -0.322 e. The highest BCUT2D eigenvalue weighted by Gasteiger charge is 2.23. The monoisotopic (exact) mass is 552 g/mol. The van der Waals surface area contributed by atoms with Gasteiger partial charge in [0, 0.05) is 60.2 Å². The molecule has 0 bridgehead atoms. The van der Waals surface area contributed by atoms with Crippen molar-refractivity contribution in [2.24, 2.45) is 12.8 Å². The Morgan fingerprint density at radius 3 is 2.53 bits per heavy atom. The van der Waals surface area contributed by atoms with Crippen LogP contribution in [-0.2, 0) is 24.5 Å². The summed E-state index contributed by atoms with van der Waals surface area (Å²) in [6.45, 7) is 0. The van der Waals surface area contributed by atoms with Gasteiger partial charge in [0.25, 0.3) is 0 Å². The summed E-state index contributed by atoms with van der Waals surface area (Å²) in [6, 6.07) is 11.9. The van der Waals surface area contributed by atoms with Crippen LogP contribution in [0.4, 0.5) is 14.6 Å². The van der Waals surface area contributed by atoms with Crippen molar-refractivity contribution in [1.29, 1.82) is 0 Å². The Balaban J connectivity index is 1.71. The molecule has 3 heterocycles. The molecular formula is C27H23ClF2N6OS. The van der Waals surface area contributed by atoms with Crippen molar-refractivity contribution >= 4 is 39.3 Å². The number of benzene rings is 2. The summed E-state index contributed by atoms with van der Waals surface area (Å²) in [7, 11) is 0.393. The molecular weight excluding hydrogens is 530 g/mol. The Kier molecular flexibility index (Phi) is 7.20. The van der Waals surface area contributed by atoms with Gasteiger partial charge in [0.1, 0.15) is 22.6 Å². The molecule has 3 aromatic heterocycles. The van der Waals surface area contributed by atoms with Gasteiger partial charge in [-0.2, -0.15) is 5.10 Å². The summed E-state index contributed by atoms with van der Waals surface area (Å²) in [6.07, 6.45) is 6.78. The molecule has 7 nitrogen and oxygen atoms in total. The van der Waals surface area contributed by atoms with Crippen molar-refractivity contribution in [1.82, 2.24) is 19.7 Å². The topological polar surface area (TPSA) is 98.7 Å². The predicted octanol–water partition coefficient (Wildman–Crippen LogP) is 5.58. The third kappa shape index (κ3) is 5.15. The number of nitrogens with one attached hydrogen (secondary N) is 1. The Morgan fingerprint density at radius 1 is 1.08 bits per heavy atom. The van der Waals surface area contributed by atoms with Gasteiger partial charge in [0.05, 0.1) is 27.7 Å². The first-order valence-corrected chi connectivity index (χ1v) is 13.5. The molecule has 0 saturated carbocycles. The van der Waals surface area contributed by atoms with E-state index < -0.39 is 28.7 Å².